The first-order chi connectivity index (χ1) is 11.2. The molecule has 1 amide bonds. The van der Waals surface area contributed by atoms with Crippen molar-refractivity contribution in [2.24, 2.45) is 11.8 Å². The first kappa shape index (κ1) is 14.8. The van der Waals surface area contributed by atoms with Crippen LogP contribution in [0.25, 0.3) is 0 Å². The summed E-state index contributed by atoms with van der Waals surface area (Å²) in [5, 5.41) is 3.25. The first-order valence-electron chi connectivity index (χ1n) is 9.04. The zero-order chi connectivity index (χ0) is 15.8. The van der Waals surface area contributed by atoms with Crippen molar-refractivity contribution in [2.75, 3.05) is 11.4 Å². The summed E-state index contributed by atoms with van der Waals surface area (Å²) in [5.41, 5.74) is 2.69. The molecule has 3 heteroatoms. The Kier molecular flexibility index (Phi) is 3.88. The van der Waals surface area contributed by atoms with E-state index in [-0.39, 0.29) is 11.9 Å². The molecule has 23 heavy (non-hydrogen) atoms. The average molecular weight is 310 g/mol. The highest BCUT2D eigenvalue weighted by Crippen LogP contribution is 2.48. The maximum Gasteiger partial charge on any atom is 0.244 e. The van der Waals surface area contributed by atoms with Crippen LogP contribution in [-0.4, -0.2) is 24.5 Å². The maximum absolute atomic E-state index is 12.4. The van der Waals surface area contributed by atoms with Crippen LogP contribution >= 0.6 is 0 Å². The van der Waals surface area contributed by atoms with Gasteiger partial charge in [0.1, 0.15) is 0 Å². The van der Waals surface area contributed by atoms with Crippen LogP contribution in [0, 0.1) is 11.8 Å². The van der Waals surface area contributed by atoms with Gasteiger partial charge in [0, 0.05) is 30.4 Å². The number of hydrogen-bond donors (Lipinski definition) is 1. The molecule has 1 saturated heterocycles. The van der Waals surface area contributed by atoms with Crippen LogP contribution in [0.4, 0.5) is 5.69 Å². The van der Waals surface area contributed by atoms with Gasteiger partial charge in [0.2, 0.25) is 5.91 Å². The average Bonchev–Trinajstić information content (AvgIpc) is 3.45. The van der Waals surface area contributed by atoms with Crippen LogP contribution in [0.3, 0.4) is 0 Å². The second-order valence-electron chi connectivity index (χ2n) is 7.47. The van der Waals surface area contributed by atoms with Gasteiger partial charge in [-0.3, -0.25) is 4.79 Å². The quantitative estimate of drug-likeness (QED) is 0.844. The zero-order valence-electron chi connectivity index (χ0n) is 13.9. The number of allylic oxidation sites excluding steroid dienone is 1. The van der Waals surface area contributed by atoms with Crippen LogP contribution in [0.15, 0.2) is 42.0 Å². The van der Waals surface area contributed by atoms with Gasteiger partial charge >= 0.3 is 0 Å². The molecule has 3 fully saturated rings. The Morgan fingerprint density at radius 1 is 1.13 bits per heavy atom. The number of para-hydroxylation sites is 1. The molecule has 1 aromatic carbocycles. The van der Waals surface area contributed by atoms with Gasteiger partial charge in [0.05, 0.1) is 0 Å². The summed E-state index contributed by atoms with van der Waals surface area (Å²) in [6, 6.07) is 11.2. The van der Waals surface area contributed by atoms with Crippen molar-refractivity contribution in [3.8, 4) is 0 Å². The van der Waals surface area contributed by atoms with Gasteiger partial charge in [0.25, 0.3) is 0 Å². The Morgan fingerprint density at radius 2 is 1.78 bits per heavy atom. The molecular weight excluding hydrogens is 284 g/mol. The number of amides is 1. The molecular formula is C20H26N2O. The van der Waals surface area contributed by atoms with E-state index < -0.39 is 0 Å². The lowest BCUT2D eigenvalue weighted by atomic mass is 10.1. The van der Waals surface area contributed by atoms with Crippen molar-refractivity contribution >= 4 is 11.6 Å². The molecule has 122 valence electrons. The molecule has 1 N–H and O–H groups in total. The van der Waals surface area contributed by atoms with Crippen molar-refractivity contribution in [3.63, 3.8) is 0 Å². The van der Waals surface area contributed by atoms with Crippen LogP contribution < -0.4 is 10.2 Å². The van der Waals surface area contributed by atoms with E-state index >= 15 is 0 Å². The van der Waals surface area contributed by atoms with E-state index in [1.807, 2.05) is 12.1 Å². The minimum atomic E-state index is 0.130. The number of nitrogens with one attached hydrogen (secondary N) is 1. The third-order valence-electron chi connectivity index (χ3n) is 5.40. The van der Waals surface area contributed by atoms with E-state index in [0.717, 1.165) is 24.8 Å². The maximum atomic E-state index is 12.4. The summed E-state index contributed by atoms with van der Waals surface area (Å²) in [4.78, 5) is 14.8. The number of nitrogens with zero attached hydrogens (tertiary/aromatic N) is 1. The largest absolute Gasteiger partial charge is 0.367 e. The van der Waals surface area contributed by atoms with Crippen molar-refractivity contribution < 1.29 is 4.79 Å². The van der Waals surface area contributed by atoms with Crippen LogP contribution in [0.2, 0.25) is 0 Å². The summed E-state index contributed by atoms with van der Waals surface area (Å²) in [7, 11) is 0. The van der Waals surface area contributed by atoms with Gasteiger partial charge in [-0.15, -0.1) is 0 Å². The van der Waals surface area contributed by atoms with E-state index in [9.17, 15) is 4.79 Å². The minimum Gasteiger partial charge on any atom is -0.367 e. The van der Waals surface area contributed by atoms with E-state index in [0.29, 0.717) is 6.04 Å². The Morgan fingerprint density at radius 3 is 2.39 bits per heavy atom. The lowest BCUT2D eigenvalue weighted by molar-refractivity contribution is -0.117. The molecule has 2 atom stereocenters. The molecule has 0 bridgehead atoms. The second-order valence-corrected chi connectivity index (χ2v) is 7.47. The predicted molar refractivity (Wildman–Crippen MR) is 93.3 cm³/mol. The van der Waals surface area contributed by atoms with Gasteiger partial charge < -0.3 is 10.2 Å². The highest BCUT2D eigenvalue weighted by Gasteiger charge is 2.37. The zero-order valence-corrected chi connectivity index (χ0v) is 13.9. The fourth-order valence-electron chi connectivity index (χ4n) is 3.91. The topological polar surface area (TPSA) is 32.3 Å². The van der Waals surface area contributed by atoms with E-state index in [1.54, 1.807) is 0 Å². The summed E-state index contributed by atoms with van der Waals surface area (Å²) >= 11 is 0. The lowest BCUT2D eigenvalue weighted by Gasteiger charge is -2.23. The number of benzene rings is 1. The Balaban J connectivity index is 1.38. The van der Waals surface area contributed by atoms with Crippen LogP contribution in [0.1, 0.15) is 39.0 Å². The number of carbonyl (C=O) groups is 1. The molecule has 0 radical (unpaired) electrons. The molecule has 0 spiro atoms. The Labute approximate surface area is 138 Å². The SMILES string of the molecule is C[C@H]1C[C@H](NC(=O)C=C(C2CC2)C2CC2)CN1c1ccccc1. The standard InChI is InChI=1S/C20H26N2O/c1-14-11-17(13-22(14)18-5-3-2-4-6-18)21-20(23)12-19(15-7-8-15)16-9-10-16/h2-6,12,14-17H,7-11,13H2,1H3,(H,21,23)/t14-,17-/m0/s1. The van der Waals surface area contributed by atoms with Crippen molar-refractivity contribution in [2.45, 2.75) is 51.1 Å². The molecule has 2 aliphatic carbocycles. The Hall–Kier alpha value is -1.77. The van der Waals surface area contributed by atoms with E-state index in [2.05, 4.69) is 41.4 Å². The van der Waals surface area contributed by atoms with E-state index in [1.165, 1.54) is 36.9 Å². The molecule has 1 heterocycles. The summed E-state index contributed by atoms with van der Waals surface area (Å²) in [5.74, 6) is 1.57. The molecule has 1 aromatic rings. The number of hydrogen-bond acceptors (Lipinski definition) is 2. The second kappa shape index (κ2) is 6.03. The van der Waals surface area contributed by atoms with Gasteiger partial charge in [-0.05, 0) is 63.0 Å². The van der Waals surface area contributed by atoms with Gasteiger partial charge in [-0.2, -0.15) is 0 Å². The van der Waals surface area contributed by atoms with E-state index in [4.69, 9.17) is 0 Å². The van der Waals surface area contributed by atoms with Gasteiger partial charge in [-0.1, -0.05) is 23.8 Å². The van der Waals surface area contributed by atoms with Gasteiger partial charge in [-0.25, -0.2) is 0 Å². The number of carbonyl (C=O) groups excluding carboxylic acids is 1. The van der Waals surface area contributed by atoms with Crippen LogP contribution in [-0.2, 0) is 4.79 Å². The fourth-order valence-corrected chi connectivity index (χ4v) is 3.91. The lowest BCUT2D eigenvalue weighted by Crippen LogP contribution is -2.36. The molecule has 2 saturated carbocycles. The van der Waals surface area contributed by atoms with Crippen molar-refractivity contribution in [3.05, 3.63) is 42.0 Å². The summed E-state index contributed by atoms with van der Waals surface area (Å²) < 4.78 is 0. The summed E-state index contributed by atoms with van der Waals surface area (Å²) in [6.07, 6.45) is 8.12. The smallest absolute Gasteiger partial charge is 0.244 e. The third kappa shape index (κ3) is 3.44. The minimum absolute atomic E-state index is 0.130. The highest BCUT2D eigenvalue weighted by molar-refractivity contribution is 5.89. The fraction of sp³-hybridized carbons (Fsp3) is 0.550. The highest BCUT2D eigenvalue weighted by atomic mass is 16.1. The van der Waals surface area contributed by atoms with Crippen molar-refractivity contribution in [1.82, 2.24) is 5.32 Å². The molecule has 3 aliphatic rings. The number of rotatable bonds is 5. The molecule has 1 aliphatic heterocycles. The molecule has 4 rings (SSSR count). The number of anilines is 1. The molecule has 0 aromatic heterocycles. The van der Waals surface area contributed by atoms with Gasteiger partial charge in [0.15, 0.2) is 0 Å². The predicted octanol–water partition coefficient (Wildman–Crippen LogP) is 3.52. The first-order valence-corrected chi connectivity index (χ1v) is 9.04. The Bertz CT molecular complexity index is 587. The van der Waals surface area contributed by atoms with Crippen LogP contribution in [0.5, 0.6) is 0 Å². The third-order valence-corrected chi connectivity index (χ3v) is 5.40. The van der Waals surface area contributed by atoms with Crippen molar-refractivity contribution in [1.29, 1.82) is 0 Å². The monoisotopic (exact) mass is 310 g/mol. The molecule has 0 unspecified atom stereocenters. The normalized spacial score (nSPS) is 26.9. The molecule has 3 nitrogen and oxygen atoms in total. The summed E-state index contributed by atoms with van der Waals surface area (Å²) in [6.45, 7) is 3.15.